The Morgan fingerprint density at radius 2 is 1.80 bits per heavy atom. The van der Waals surface area contributed by atoms with E-state index in [4.69, 9.17) is 10.2 Å². The fourth-order valence-electron chi connectivity index (χ4n) is 1.09. The third-order valence-electron chi connectivity index (χ3n) is 1.60. The number of ether oxygens (including phenoxy) is 1. The lowest BCUT2D eigenvalue weighted by Crippen LogP contribution is -2.19. The van der Waals surface area contributed by atoms with Crippen LogP contribution in [0.25, 0.3) is 0 Å². The highest BCUT2D eigenvalue weighted by Gasteiger charge is 2.32. The van der Waals surface area contributed by atoms with E-state index in [0.717, 1.165) is 6.07 Å². The second-order valence-electron chi connectivity index (χ2n) is 2.84. The number of alkyl halides is 3. The molecule has 0 amide bonds. The van der Waals surface area contributed by atoms with Crippen LogP contribution in [0, 0.1) is 0 Å². The van der Waals surface area contributed by atoms with E-state index in [1.165, 1.54) is 18.2 Å². The van der Waals surface area contributed by atoms with Crippen molar-refractivity contribution in [3.8, 4) is 5.75 Å². The zero-order chi connectivity index (χ0) is 11.5. The molecule has 1 rings (SSSR count). The molecule has 0 radical (unpaired) electrons. The molecule has 0 spiro atoms. The zero-order valence-electron chi connectivity index (χ0n) is 7.53. The van der Waals surface area contributed by atoms with Crippen molar-refractivity contribution in [3.05, 3.63) is 29.8 Å². The zero-order valence-corrected chi connectivity index (χ0v) is 7.53. The number of rotatable bonds is 3. The first-order valence-electron chi connectivity index (χ1n) is 4.08. The van der Waals surface area contributed by atoms with Gasteiger partial charge >= 0.3 is 6.36 Å². The molecular formula is C9H9F3O3. The molecule has 0 fully saturated rings. The lowest BCUT2D eigenvalue weighted by Gasteiger charge is -2.13. The first kappa shape index (κ1) is 11.8. The van der Waals surface area contributed by atoms with Crippen LogP contribution >= 0.6 is 0 Å². The quantitative estimate of drug-likeness (QED) is 0.761. The lowest BCUT2D eigenvalue weighted by atomic mass is 10.1. The molecule has 1 aromatic rings. The summed E-state index contributed by atoms with van der Waals surface area (Å²) >= 11 is 0. The predicted molar refractivity (Wildman–Crippen MR) is 45.1 cm³/mol. The summed E-state index contributed by atoms with van der Waals surface area (Å²) in [6, 6.07) is 5.31. The summed E-state index contributed by atoms with van der Waals surface area (Å²) in [6.45, 7) is 0. The average Bonchev–Trinajstić information content (AvgIpc) is 2.05. The molecule has 0 saturated carbocycles. The van der Waals surface area contributed by atoms with E-state index >= 15 is 0 Å². The molecular weight excluding hydrogens is 213 g/mol. The monoisotopic (exact) mass is 222 g/mol. The Balaban J connectivity index is 2.86. The van der Waals surface area contributed by atoms with Gasteiger partial charge in [-0.25, -0.2) is 0 Å². The Kier molecular flexibility index (Phi) is 3.54. The van der Waals surface area contributed by atoms with Crippen LogP contribution in [0.3, 0.4) is 0 Å². The van der Waals surface area contributed by atoms with E-state index in [9.17, 15) is 13.2 Å². The minimum atomic E-state index is -4.78. The molecule has 0 aromatic heterocycles. The maximum absolute atomic E-state index is 11.9. The van der Waals surface area contributed by atoms with Crippen molar-refractivity contribution in [3.63, 3.8) is 0 Å². The van der Waals surface area contributed by atoms with Gasteiger partial charge in [-0.2, -0.15) is 0 Å². The number of para-hydroxylation sites is 1. The molecule has 0 unspecified atom stereocenters. The molecule has 84 valence electrons. The Bertz CT molecular complexity index is 323. The molecule has 0 atom stereocenters. The fraction of sp³-hybridized carbons (Fsp3) is 0.333. The van der Waals surface area contributed by atoms with Gasteiger partial charge in [-0.15, -0.1) is 13.2 Å². The minimum absolute atomic E-state index is 0.0878. The van der Waals surface area contributed by atoms with Gasteiger partial charge in [0.25, 0.3) is 0 Å². The number of benzene rings is 1. The largest absolute Gasteiger partial charge is 0.573 e. The highest BCUT2D eigenvalue weighted by atomic mass is 19.4. The van der Waals surface area contributed by atoms with Gasteiger partial charge < -0.3 is 14.9 Å². The number of aliphatic hydroxyl groups is 2. The standard InChI is InChI=1S/C9H9F3O3/c10-9(11,12)15-7-4-2-1-3-6(7)5-8(13)14/h1-4,8,13-14H,5H2. The van der Waals surface area contributed by atoms with Gasteiger partial charge in [0.2, 0.25) is 0 Å². The molecule has 3 nitrogen and oxygen atoms in total. The van der Waals surface area contributed by atoms with Crippen molar-refractivity contribution in [2.75, 3.05) is 0 Å². The van der Waals surface area contributed by atoms with Gasteiger partial charge in [0, 0.05) is 6.42 Å². The fourth-order valence-corrected chi connectivity index (χ4v) is 1.09. The maximum atomic E-state index is 11.9. The van der Waals surface area contributed by atoms with Crippen molar-refractivity contribution >= 4 is 0 Å². The van der Waals surface area contributed by atoms with Crippen molar-refractivity contribution in [1.82, 2.24) is 0 Å². The predicted octanol–water partition coefficient (Wildman–Crippen LogP) is 1.44. The van der Waals surface area contributed by atoms with Crippen LogP contribution in [0.2, 0.25) is 0 Å². The van der Waals surface area contributed by atoms with Crippen LogP contribution in [-0.2, 0) is 6.42 Å². The topological polar surface area (TPSA) is 49.7 Å². The number of aliphatic hydroxyl groups excluding tert-OH is 1. The van der Waals surface area contributed by atoms with E-state index < -0.39 is 18.4 Å². The molecule has 0 saturated heterocycles. The summed E-state index contributed by atoms with van der Waals surface area (Å²) in [5, 5.41) is 17.3. The van der Waals surface area contributed by atoms with Gasteiger partial charge in [0.1, 0.15) is 5.75 Å². The van der Waals surface area contributed by atoms with E-state index in [1.807, 2.05) is 0 Å². The van der Waals surface area contributed by atoms with Crippen molar-refractivity contribution in [2.45, 2.75) is 19.1 Å². The number of hydrogen-bond acceptors (Lipinski definition) is 3. The number of halogens is 3. The third kappa shape index (κ3) is 4.18. The van der Waals surface area contributed by atoms with E-state index in [2.05, 4.69) is 4.74 Å². The van der Waals surface area contributed by atoms with E-state index in [1.54, 1.807) is 0 Å². The number of hydrogen-bond donors (Lipinski definition) is 2. The Hall–Kier alpha value is -1.27. The van der Waals surface area contributed by atoms with Crippen molar-refractivity contribution in [1.29, 1.82) is 0 Å². The average molecular weight is 222 g/mol. The van der Waals surface area contributed by atoms with Gasteiger partial charge in [0.05, 0.1) is 0 Å². The summed E-state index contributed by atoms with van der Waals surface area (Å²) in [7, 11) is 0. The van der Waals surface area contributed by atoms with Gasteiger partial charge in [-0.05, 0) is 11.6 Å². The molecule has 0 bridgehead atoms. The van der Waals surface area contributed by atoms with E-state index in [-0.39, 0.29) is 12.0 Å². The lowest BCUT2D eigenvalue weighted by molar-refractivity contribution is -0.275. The van der Waals surface area contributed by atoms with Crippen LogP contribution in [-0.4, -0.2) is 22.9 Å². The SMILES string of the molecule is OC(O)Cc1ccccc1OC(F)(F)F. The first-order chi connectivity index (χ1) is 6.88. The molecule has 0 aliphatic carbocycles. The molecule has 0 aliphatic rings. The Labute approximate surface area is 83.7 Å². The van der Waals surface area contributed by atoms with Crippen LogP contribution in [0.15, 0.2) is 24.3 Å². The molecule has 0 heterocycles. The third-order valence-corrected chi connectivity index (χ3v) is 1.60. The Morgan fingerprint density at radius 1 is 1.20 bits per heavy atom. The summed E-state index contributed by atoms with van der Waals surface area (Å²) in [6.07, 6.45) is -6.80. The molecule has 15 heavy (non-hydrogen) atoms. The van der Waals surface area contributed by atoms with Crippen LogP contribution < -0.4 is 4.74 Å². The summed E-state index contributed by atoms with van der Waals surface area (Å²) in [5.74, 6) is -0.418. The highest BCUT2D eigenvalue weighted by molar-refractivity contribution is 5.33. The summed E-state index contributed by atoms with van der Waals surface area (Å²) in [4.78, 5) is 0. The van der Waals surface area contributed by atoms with Gasteiger partial charge in [-0.3, -0.25) is 0 Å². The minimum Gasteiger partial charge on any atom is -0.405 e. The summed E-state index contributed by atoms with van der Waals surface area (Å²) < 4.78 is 39.4. The van der Waals surface area contributed by atoms with Gasteiger partial charge in [-0.1, -0.05) is 18.2 Å². The second-order valence-corrected chi connectivity index (χ2v) is 2.84. The van der Waals surface area contributed by atoms with Crippen LogP contribution in [0.4, 0.5) is 13.2 Å². The Morgan fingerprint density at radius 3 is 2.33 bits per heavy atom. The van der Waals surface area contributed by atoms with Crippen LogP contribution in [0.5, 0.6) is 5.75 Å². The molecule has 1 aromatic carbocycles. The molecule has 0 aliphatic heterocycles. The van der Waals surface area contributed by atoms with E-state index in [0.29, 0.717) is 0 Å². The normalized spacial score (nSPS) is 11.9. The maximum Gasteiger partial charge on any atom is 0.573 e. The van der Waals surface area contributed by atoms with Crippen LogP contribution in [0.1, 0.15) is 5.56 Å². The second kappa shape index (κ2) is 4.50. The van der Waals surface area contributed by atoms with Crippen molar-refractivity contribution < 1.29 is 28.1 Å². The van der Waals surface area contributed by atoms with Crippen molar-refractivity contribution in [2.24, 2.45) is 0 Å². The van der Waals surface area contributed by atoms with Gasteiger partial charge in [0.15, 0.2) is 6.29 Å². The first-order valence-corrected chi connectivity index (χ1v) is 4.08. The highest BCUT2D eigenvalue weighted by Crippen LogP contribution is 2.26. The molecule has 6 heteroatoms. The smallest absolute Gasteiger partial charge is 0.405 e. The summed E-state index contributed by atoms with van der Waals surface area (Å²) in [5.41, 5.74) is 0.0878. The molecule has 2 N–H and O–H groups in total.